The molecule has 20 heavy (non-hydrogen) atoms. The summed E-state index contributed by atoms with van der Waals surface area (Å²) in [4.78, 5) is 0.0579. The molecule has 106 valence electrons. The van der Waals surface area contributed by atoms with E-state index < -0.39 is 0 Å². The number of ether oxygens (including phenoxy) is 1. The molecule has 0 N–H and O–H groups in total. The van der Waals surface area contributed by atoms with Crippen molar-refractivity contribution < 1.29 is 4.74 Å². The van der Waals surface area contributed by atoms with Gasteiger partial charge in [0.25, 0.3) is 0 Å². The average Bonchev–Trinajstić information content (AvgIpc) is 2.43. The van der Waals surface area contributed by atoms with Crippen LogP contribution in [0.15, 0.2) is 45.3 Å². The molecule has 2 aromatic rings. The van der Waals surface area contributed by atoms with Crippen molar-refractivity contribution in [1.82, 2.24) is 0 Å². The van der Waals surface area contributed by atoms with E-state index in [-0.39, 0.29) is 4.83 Å². The summed E-state index contributed by atoms with van der Waals surface area (Å²) in [6.07, 6.45) is 0. The zero-order chi connectivity index (χ0) is 14.7. The first kappa shape index (κ1) is 16.3. The molecule has 0 saturated carbocycles. The molecule has 2 aromatic carbocycles. The third-order valence-corrected chi connectivity index (χ3v) is 5.38. The maximum absolute atomic E-state index is 6.08. The van der Waals surface area contributed by atoms with Gasteiger partial charge in [-0.2, -0.15) is 0 Å². The molecule has 0 bridgehead atoms. The van der Waals surface area contributed by atoms with E-state index in [0.29, 0.717) is 6.61 Å². The van der Waals surface area contributed by atoms with E-state index in [0.717, 1.165) is 30.8 Å². The molecule has 2 rings (SSSR count). The van der Waals surface area contributed by atoms with Crippen molar-refractivity contribution in [3.63, 3.8) is 0 Å². The van der Waals surface area contributed by atoms with Crippen LogP contribution in [-0.2, 0) is 0 Å². The molecule has 1 unspecified atom stereocenters. The smallest absolute Gasteiger partial charge is 0.133 e. The van der Waals surface area contributed by atoms with Crippen LogP contribution < -0.4 is 4.74 Å². The molecule has 0 aliphatic rings. The summed E-state index contributed by atoms with van der Waals surface area (Å²) >= 11 is 16.9. The van der Waals surface area contributed by atoms with Gasteiger partial charge in [0.1, 0.15) is 5.75 Å². The monoisotopic (exact) mass is 480 g/mol. The van der Waals surface area contributed by atoms with Crippen LogP contribution in [0.25, 0.3) is 0 Å². The van der Waals surface area contributed by atoms with Crippen LogP contribution in [0, 0.1) is 0 Å². The SMILES string of the molecule is CCOc1ccc(C(Br)c2cc(Cl)ccc2Br)cc1Br. The predicted octanol–water partition coefficient (Wildman–Crippen LogP) is 6.75. The second-order valence-corrected chi connectivity index (χ2v) is 7.21. The van der Waals surface area contributed by atoms with Crippen LogP contribution in [0.1, 0.15) is 22.9 Å². The van der Waals surface area contributed by atoms with Crippen molar-refractivity contribution in [2.24, 2.45) is 0 Å². The van der Waals surface area contributed by atoms with Crippen LogP contribution in [0.5, 0.6) is 5.75 Å². The van der Waals surface area contributed by atoms with Gasteiger partial charge in [-0.15, -0.1) is 0 Å². The number of hydrogen-bond acceptors (Lipinski definition) is 1. The van der Waals surface area contributed by atoms with E-state index in [1.807, 2.05) is 37.3 Å². The van der Waals surface area contributed by atoms with Crippen molar-refractivity contribution in [2.75, 3.05) is 6.61 Å². The van der Waals surface area contributed by atoms with Gasteiger partial charge in [-0.1, -0.05) is 49.5 Å². The van der Waals surface area contributed by atoms with Crippen LogP contribution in [0.4, 0.5) is 0 Å². The van der Waals surface area contributed by atoms with Gasteiger partial charge in [0.05, 0.1) is 15.9 Å². The van der Waals surface area contributed by atoms with Crippen molar-refractivity contribution in [2.45, 2.75) is 11.8 Å². The lowest BCUT2D eigenvalue weighted by atomic mass is 10.0. The Bertz CT molecular complexity index is 616. The quantitative estimate of drug-likeness (QED) is 0.438. The molecule has 0 saturated heterocycles. The Morgan fingerprint density at radius 3 is 2.50 bits per heavy atom. The number of benzene rings is 2. The van der Waals surface area contributed by atoms with Gasteiger partial charge in [0.2, 0.25) is 0 Å². The van der Waals surface area contributed by atoms with Gasteiger partial charge in [0, 0.05) is 9.50 Å². The third-order valence-electron chi connectivity index (χ3n) is 2.78. The molecule has 0 fully saturated rings. The van der Waals surface area contributed by atoms with Crippen molar-refractivity contribution in [3.05, 3.63) is 61.5 Å². The molecule has 0 spiro atoms. The Morgan fingerprint density at radius 2 is 1.85 bits per heavy atom. The lowest BCUT2D eigenvalue weighted by molar-refractivity contribution is 0.338. The minimum Gasteiger partial charge on any atom is -0.493 e. The summed E-state index contributed by atoms with van der Waals surface area (Å²) in [6, 6.07) is 11.8. The fourth-order valence-corrected chi connectivity index (χ4v) is 3.97. The van der Waals surface area contributed by atoms with Crippen molar-refractivity contribution in [1.29, 1.82) is 0 Å². The summed E-state index contributed by atoms with van der Waals surface area (Å²) in [5.74, 6) is 0.848. The lowest BCUT2D eigenvalue weighted by Gasteiger charge is -2.15. The van der Waals surface area contributed by atoms with Gasteiger partial charge < -0.3 is 4.74 Å². The molecular weight excluding hydrogens is 471 g/mol. The molecule has 0 aliphatic carbocycles. The first-order valence-electron chi connectivity index (χ1n) is 6.04. The molecule has 0 heterocycles. The van der Waals surface area contributed by atoms with Gasteiger partial charge in [0.15, 0.2) is 0 Å². The van der Waals surface area contributed by atoms with E-state index in [4.69, 9.17) is 16.3 Å². The Balaban J connectivity index is 2.35. The Morgan fingerprint density at radius 1 is 1.10 bits per heavy atom. The molecule has 0 aromatic heterocycles. The highest BCUT2D eigenvalue weighted by molar-refractivity contribution is 9.11. The molecule has 0 radical (unpaired) electrons. The molecule has 5 heteroatoms. The second-order valence-electron chi connectivity index (χ2n) is 4.15. The number of hydrogen-bond donors (Lipinski definition) is 0. The van der Waals surface area contributed by atoms with E-state index in [1.165, 1.54) is 0 Å². The highest BCUT2D eigenvalue weighted by Crippen LogP contribution is 2.39. The number of rotatable bonds is 4. The Hall–Kier alpha value is -0.0300. The maximum atomic E-state index is 6.08. The highest BCUT2D eigenvalue weighted by Gasteiger charge is 2.15. The summed E-state index contributed by atoms with van der Waals surface area (Å²) in [5.41, 5.74) is 2.22. The predicted molar refractivity (Wildman–Crippen MR) is 95.2 cm³/mol. The fraction of sp³-hybridized carbons (Fsp3) is 0.200. The molecule has 1 nitrogen and oxygen atoms in total. The van der Waals surface area contributed by atoms with Crippen molar-refractivity contribution >= 4 is 59.4 Å². The van der Waals surface area contributed by atoms with E-state index in [1.54, 1.807) is 0 Å². The first-order valence-corrected chi connectivity index (χ1v) is 8.92. The number of halogens is 4. The zero-order valence-electron chi connectivity index (χ0n) is 10.7. The topological polar surface area (TPSA) is 9.23 Å². The third kappa shape index (κ3) is 3.79. The van der Waals surface area contributed by atoms with E-state index in [9.17, 15) is 0 Å². The normalized spacial score (nSPS) is 12.2. The number of alkyl halides is 1. The minimum atomic E-state index is 0.0579. The van der Waals surface area contributed by atoms with Crippen LogP contribution in [0.2, 0.25) is 5.02 Å². The van der Waals surface area contributed by atoms with Gasteiger partial charge in [-0.25, -0.2) is 0 Å². The molecular formula is C15H12Br3ClO. The second kappa shape index (κ2) is 7.30. The first-order chi connectivity index (χ1) is 9.52. The molecule has 0 amide bonds. The summed E-state index contributed by atoms with van der Waals surface area (Å²) in [5, 5.41) is 0.720. The fourth-order valence-electron chi connectivity index (χ4n) is 1.84. The van der Waals surface area contributed by atoms with Crippen LogP contribution in [0.3, 0.4) is 0 Å². The van der Waals surface area contributed by atoms with E-state index >= 15 is 0 Å². The summed E-state index contributed by atoms with van der Waals surface area (Å²) in [6.45, 7) is 2.62. The summed E-state index contributed by atoms with van der Waals surface area (Å²) < 4.78 is 7.49. The standard InChI is InChI=1S/C15H12Br3ClO/c1-2-20-14-6-3-9(7-13(14)17)15(18)11-8-10(19)4-5-12(11)16/h3-8,15H,2H2,1H3. The van der Waals surface area contributed by atoms with Gasteiger partial charge >= 0.3 is 0 Å². The van der Waals surface area contributed by atoms with Gasteiger partial charge in [-0.05, 0) is 64.3 Å². The Kier molecular flexibility index (Phi) is 5.96. The van der Waals surface area contributed by atoms with E-state index in [2.05, 4.69) is 53.9 Å². The summed E-state index contributed by atoms with van der Waals surface area (Å²) in [7, 11) is 0. The highest BCUT2D eigenvalue weighted by atomic mass is 79.9. The largest absolute Gasteiger partial charge is 0.493 e. The Labute approximate surface area is 149 Å². The molecule has 1 atom stereocenters. The molecule has 0 aliphatic heterocycles. The average molecular weight is 483 g/mol. The van der Waals surface area contributed by atoms with Crippen LogP contribution >= 0.6 is 59.4 Å². The maximum Gasteiger partial charge on any atom is 0.133 e. The minimum absolute atomic E-state index is 0.0579. The zero-order valence-corrected chi connectivity index (χ0v) is 16.2. The van der Waals surface area contributed by atoms with Crippen LogP contribution in [-0.4, -0.2) is 6.61 Å². The van der Waals surface area contributed by atoms with Crippen molar-refractivity contribution in [3.8, 4) is 5.75 Å². The lowest BCUT2D eigenvalue weighted by Crippen LogP contribution is -1.97. The van der Waals surface area contributed by atoms with Gasteiger partial charge in [-0.3, -0.25) is 0 Å².